The molecule has 2 heterocycles. The number of hydrogen-bond donors (Lipinski definition) is 1. The Bertz CT molecular complexity index is 888. The van der Waals surface area contributed by atoms with Crippen LogP contribution in [0, 0.1) is 17.0 Å². The molecule has 9 heteroatoms. The van der Waals surface area contributed by atoms with Gasteiger partial charge in [-0.25, -0.2) is 9.78 Å². The highest BCUT2D eigenvalue weighted by atomic mass is 32.1. The summed E-state index contributed by atoms with van der Waals surface area (Å²) in [6.07, 6.45) is 4.50. The van der Waals surface area contributed by atoms with Crippen molar-refractivity contribution in [3.05, 3.63) is 51.0 Å². The van der Waals surface area contributed by atoms with Crippen molar-refractivity contribution in [2.45, 2.75) is 25.8 Å². The lowest BCUT2D eigenvalue weighted by Gasteiger charge is -2.33. The summed E-state index contributed by atoms with van der Waals surface area (Å²) in [5.74, 6) is -0.503. The molecule has 0 unspecified atom stereocenters. The van der Waals surface area contributed by atoms with Crippen LogP contribution in [0.4, 0.5) is 16.5 Å². The highest BCUT2D eigenvalue weighted by Gasteiger charge is 2.25. The maximum atomic E-state index is 11.6. The number of ether oxygens (including phenoxy) is 1. The molecule has 1 N–H and O–H groups in total. The SMILES string of the molecule is COC(=O)/C=C/c1ccc(N2CCC(Nc3nc(C)cs3)CC2)c([N+](=O)[O-])c1. The molecular formula is C19H22N4O4S. The van der Waals surface area contributed by atoms with Crippen LogP contribution in [0.25, 0.3) is 6.08 Å². The summed E-state index contributed by atoms with van der Waals surface area (Å²) in [5.41, 5.74) is 2.22. The molecule has 1 saturated heterocycles. The number of carbonyl (C=O) groups is 1. The molecule has 0 bridgehead atoms. The first kappa shape index (κ1) is 19.8. The van der Waals surface area contributed by atoms with Gasteiger partial charge in [0.15, 0.2) is 5.13 Å². The third-order valence-electron chi connectivity index (χ3n) is 4.59. The summed E-state index contributed by atoms with van der Waals surface area (Å²) in [7, 11) is 1.28. The van der Waals surface area contributed by atoms with Crippen LogP contribution < -0.4 is 10.2 Å². The first-order valence-corrected chi connectivity index (χ1v) is 9.82. The van der Waals surface area contributed by atoms with E-state index in [2.05, 4.69) is 15.0 Å². The van der Waals surface area contributed by atoms with Gasteiger partial charge in [-0.05, 0) is 37.5 Å². The monoisotopic (exact) mass is 402 g/mol. The Balaban J connectivity index is 1.68. The van der Waals surface area contributed by atoms with Gasteiger partial charge in [0.1, 0.15) is 5.69 Å². The number of nitro benzene ring substituents is 1. The van der Waals surface area contributed by atoms with Gasteiger partial charge in [-0.2, -0.15) is 0 Å². The molecular weight excluding hydrogens is 380 g/mol. The number of rotatable bonds is 6. The van der Waals surface area contributed by atoms with Crippen molar-refractivity contribution in [2.75, 3.05) is 30.4 Å². The molecule has 1 aliphatic heterocycles. The molecule has 1 aromatic carbocycles. The van der Waals surface area contributed by atoms with Gasteiger partial charge >= 0.3 is 5.97 Å². The van der Waals surface area contributed by atoms with Crippen LogP contribution in [0.5, 0.6) is 0 Å². The maximum Gasteiger partial charge on any atom is 0.330 e. The number of benzene rings is 1. The van der Waals surface area contributed by atoms with E-state index in [4.69, 9.17) is 0 Å². The van der Waals surface area contributed by atoms with Gasteiger partial charge in [-0.1, -0.05) is 6.07 Å². The number of aryl methyl sites for hydroxylation is 1. The third kappa shape index (κ3) is 4.86. The molecule has 0 aliphatic carbocycles. The molecule has 0 atom stereocenters. The lowest BCUT2D eigenvalue weighted by Crippen LogP contribution is -2.39. The number of esters is 1. The summed E-state index contributed by atoms with van der Waals surface area (Å²) in [6.45, 7) is 3.41. The highest BCUT2D eigenvalue weighted by molar-refractivity contribution is 7.13. The second-order valence-corrected chi connectivity index (χ2v) is 7.42. The van der Waals surface area contributed by atoms with E-state index in [-0.39, 0.29) is 10.6 Å². The minimum absolute atomic E-state index is 0.0361. The first-order chi connectivity index (χ1) is 13.5. The van der Waals surface area contributed by atoms with E-state index in [0.717, 1.165) is 36.8 Å². The zero-order valence-corrected chi connectivity index (χ0v) is 16.6. The van der Waals surface area contributed by atoms with Gasteiger partial charge < -0.3 is 15.0 Å². The molecule has 0 saturated carbocycles. The number of hydrogen-bond acceptors (Lipinski definition) is 8. The van der Waals surface area contributed by atoms with Gasteiger partial charge in [-0.3, -0.25) is 10.1 Å². The second kappa shape index (κ2) is 8.83. The van der Waals surface area contributed by atoms with E-state index in [1.54, 1.807) is 23.5 Å². The van der Waals surface area contributed by atoms with Crippen molar-refractivity contribution in [2.24, 2.45) is 0 Å². The van der Waals surface area contributed by atoms with Crippen LogP contribution >= 0.6 is 11.3 Å². The summed E-state index contributed by atoms with van der Waals surface area (Å²) < 4.78 is 4.54. The normalized spacial score (nSPS) is 15.0. The van der Waals surface area contributed by atoms with Crippen LogP contribution in [-0.4, -0.2) is 42.1 Å². The molecule has 3 rings (SSSR count). The molecule has 1 fully saturated rings. The number of aromatic nitrogens is 1. The molecule has 2 aromatic rings. The molecule has 0 amide bonds. The molecule has 148 valence electrons. The Hall–Kier alpha value is -2.94. The standard InChI is InChI=1S/C19H22N4O4S/c1-13-12-28-19(20-13)21-15-7-9-22(10-8-15)16-5-3-14(4-6-18(24)27-2)11-17(16)23(25)26/h3-6,11-12,15H,7-10H2,1-2H3,(H,20,21)/b6-4+. The lowest BCUT2D eigenvalue weighted by molar-refractivity contribution is -0.384. The number of nitrogens with zero attached hydrogens (tertiary/aromatic N) is 3. The van der Waals surface area contributed by atoms with Crippen molar-refractivity contribution in [3.8, 4) is 0 Å². The van der Waals surface area contributed by atoms with Gasteiger partial charge in [0, 0.05) is 36.7 Å². The maximum absolute atomic E-state index is 11.6. The fourth-order valence-corrected chi connectivity index (χ4v) is 3.92. The number of anilines is 2. The lowest BCUT2D eigenvalue weighted by atomic mass is 10.0. The quantitative estimate of drug-likeness (QED) is 0.341. The third-order valence-corrected chi connectivity index (χ3v) is 5.48. The van der Waals surface area contributed by atoms with Gasteiger partial charge in [0.25, 0.3) is 5.69 Å². The minimum atomic E-state index is -0.503. The fraction of sp³-hybridized carbons (Fsp3) is 0.368. The molecule has 28 heavy (non-hydrogen) atoms. The molecule has 1 aliphatic rings. The molecule has 0 spiro atoms. The number of methoxy groups -OCH3 is 1. The highest BCUT2D eigenvalue weighted by Crippen LogP contribution is 2.32. The summed E-state index contributed by atoms with van der Waals surface area (Å²) >= 11 is 1.59. The Morgan fingerprint density at radius 1 is 1.43 bits per heavy atom. The summed E-state index contributed by atoms with van der Waals surface area (Å²) in [6, 6.07) is 5.30. The average molecular weight is 402 g/mol. The predicted molar refractivity (Wildman–Crippen MR) is 110 cm³/mol. The van der Waals surface area contributed by atoms with Crippen molar-refractivity contribution >= 4 is 39.9 Å². The van der Waals surface area contributed by atoms with Gasteiger partial charge in [-0.15, -0.1) is 11.3 Å². The number of piperidine rings is 1. The number of nitrogens with one attached hydrogen (secondary N) is 1. The summed E-state index contributed by atoms with van der Waals surface area (Å²) in [5, 5.41) is 17.9. The van der Waals surface area contributed by atoms with Crippen LogP contribution in [0.15, 0.2) is 29.7 Å². The smallest absolute Gasteiger partial charge is 0.330 e. The number of thiazole rings is 1. The Labute approximate surface area is 167 Å². The van der Waals surface area contributed by atoms with Crippen molar-refractivity contribution in [1.82, 2.24) is 4.98 Å². The van der Waals surface area contributed by atoms with Crippen LogP contribution in [0.2, 0.25) is 0 Å². The van der Waals surface area contributed by atoms with Crippen molar-refractivity contribution in [3.63, 3.8) is 0 Å². The topological polar surface area (TPSA) is 97.6 Å². The van der Waals surface area contributed by atoms with E-state index < -0.39 is 5.97 Å². The van der Waals surface area contributed by atoms with E-state index in [1.165, 1.54) is 25.3 Å². The van der Waals surface area contributed by atoms with E-state index in [0.29, 0.717) is 17.3 Å². The minimum Gasteiger partial charge on any atom is -0.466 e. The zero-order valence-electron chi connectivity index (χ0n) is 15.8. The van der Waals surface area contributed by atoms with Crippen LogP contribution in [0.3, 0.4) is 0 Å². The molecule has 1 aromatic heterocycles. The van der Waals surface area contributed by atoms with Crippen LogP contribution in [0.1, 0.15) is 24.1 Å². The predicted octanol–water partition coefficient (Wildman–Crippen LogP) is 3.63. The number of nitro groups is 1. The second-order valence-electron chi connectivity index (χ2n) is 6.56. The van der Waals surface area contributed by atoms with E-state index in [1.807, 2.05) is 17.2 Å². The van der Waals surface area contributed by atoms with Crippen molar-refractivity contribution in [1.29, 1.82) is 0 Å². The van der Waals surface area contributed by atoms with Gasteiger partial charge in [0.05, 0.1) is 17.7 Å². The largest absolute Gasteiger partial charge is 0.466 e. The average Bonchev–Trinajstić information content (AvgIpc) is 3.11. The van der Waals surface area contributed by atoms with Gasteiger partial charge in [0.2, 0.25) is 0 Å². The molecule has 8 nitrogen and oxygen atoms in total. The fourth-order valence-electron chi connectivity index (χ4n) is 3.15. The van der Waals surface area contributed by atoms with E-state index in [9.17, 15) is 14.9 Å². The Kier molecular flexibility index (Phi) is 6.25. The van der Waals surface area contributed by atoms with E-state index >= 15 is 0 Å². The zero-order chi connectivity index (χ0) is 20.1. The first-order valence-electron chi connectivity index (χ1n) is 8.94. The number of carbonyl (C=O) groups excluding carboxylic acids is 1. The Morgan fingerprint density at radius 3 is 2.79 bits per heavy atom. The molecule has 0 radical (unpaired) electrons. The summed E-state index contributed by atoms with van der Waals surface area (Å²) in [4.78, 5) is 28.9. The van der Waals surface area contributed by atoms with Crippen molar-refractivity contribution < 1.29 is 14.5 Å². The Morgan fingerprint density at radius 2 is 2.18 bits per heavy atom. The van der Waals surface area contributed by atoms with Crippen LogP contribution in [-0.2, 0) is 9.53 Å².